The lowest BCUT2D eigenvalue weighted by molar-refractivity contribution is 0.0935. The molecular formula is C24H23F2NO4. The Hall–Kier alpha value is -3.61. The first kappa shape index (κ1) is 22.1. The lowest BCUT2D eigenvalue weighted by Crippen LogP contribution is -2.30. The third-order valence-electron chi connectivity index (χ3n) is 4.81. The zero-order chi connectivity index (χ0) is 22.4. The van der Waals surface area contributed by atoms with Crippen LogP contribution >= 0.6 is 0 Å². The molecule has 3 aromatic carbocycles. The standard InChI is InChI=1S/C24H23F2NO4/c1-29-21-13-17(14-22(30-2)23(21)31-3)24(28)27-20(16-7-5-9-19(26)12-16)11-15-6-4-8-18(25)10-15/h4-10,12-14,20H,11H2,1-3H3,(H,27,28). The van der Waals surface area contributed by atoms with Gasteiger partial charge in [0, 0.05) is 5.56 Å². The van der Waals surface area contributed by atoms with Crippen LogP contribution in [-0.4, -0.2) is 27.2 Å². The first-order chi connectivity index (χ1) is 14.9. The van der Waals surface area contributed by atoms with Crippen molar-refractivity contribution in [2.24, 2.45) is 0 Å². The zero-order valence-corrected chi connectivity index (χ0v) is 17.4. The first-order valence-electron chi connectivity index (χ1n) is 9.56. The van der Waals surface area contributed by atoms with Crippen LogP contribution in [-0.2, 0) is 6.42 Å². The molecule has 3 aromatic rings. The Morgan fingerprint density at radius 2 is 1.48 bits per heavy atom. The molecule has 0 fully saturated rings. The van der Waals surface area contributed by atoms with Crippen LogP contribution in [0.2, 0.25) is 0 Å². The number of hydrogen-bond donors (Lipinski definition) is 1. The SMILES string of the molecule is COc1cc(C(=O)NC(Cc2cccc(F)c2)c2cccc(F)c2)cc(OC)c1OC. The Kier molecular flexibility index (Phi) is 7.07. The summed E-state index contributed by atoms with van der Waals surface area (Å²) in [6.07, 6.45) is 0.275. The third kappa shape index (κ3) is 5.31. The van der Waals surface area contributed by atoms with Crippen molar-refractivity contribution in [3.8, 4) is 17.2 Å². The molecule has 0 aromatic heterocycles. The Morgan fingerprint density at radius 1 is 0.871 bits per heavy atom. The summed E-state index contributed by atoms with van der Waals surface area (Å²) in [5, 5.41) is 2.90. The molecule has 1 amide bonds. The summed E-state index contributed by atoms with van der Waals surface area (Å²) >= 11 is 0. The number of benzene rings is 3. The number of methoxy groups -OCH3 is 3. The van der Waals surface area contributed by atoms with Gasteiger partial charge in [-0.3, -0.25) is 4.79 Å². The van der Waals surface area contributed by atoms with E-state index in [1.165, 1.54) is 57.7 Å². The Bertz CT molecular complexity index is 1050. The minimum Gasteiger partial charge on any atom is -0.493 e. The van der Waals surface area contributed by atoms with E-state index in [2.05, 4.69) is 5.32 Å². The fourth-order valence-corrected chi connectivity index (χ4v) is 3.33. The number of hydrogen-bond acceptors (Lipinski definition) is 4. The van der Waals surface area contributed by atoms with Crippen LogP contribution in [0.15, 0.2) is 60.7 Å². The topological polar surface area (TPSA) is 56.8 Å². The van der Waals surface area contributed by atoms with Gasteiger partial charge < -0.3 is 19.5 Å². The van der Waals surface area contributed by atoms with Gasteiger partial charge in [0.2, 0.25) is 5.75 Å². The molecular weight excluding hydrogens is 404 g/mol. The van der Waals surface area contributed by atoms with Crippen molar-refractivity contribution < 1.29 is 27.8 Å². The highest BCUT2D eigenvalue weighted by molar-refractivity contribution is 5.96. The fourth-order valence-electron chi connectivity index (χ4n) is 3.33. The number of nitrogens with one attached hydrogen (secondary N) is 1. The summed E-state index contributed by atoms with van der Waals surface area (Å²) in [4.78, 5) is 13.1. The first-order valence-corrected chi connectivity index (χ1v) is 9.56. The highest BCUT2D eigenvalue weighted by Gasteiger charge is 2.21. The van der Waals surface area contributed by atoms with Gasteiger partial charge >= 0.3 is 0 Å². The van der Waals surface area contributed by atoms with Gasteiger partial charge in [-0.15, -0.1) is 0 Å². The number of carbonyl (C=O) groups excluding carboxylic acids is 1. The molecule has 0 saturated heterocycles. The van der Waals surface area contributed by atoms with E-state index in [0.717, 1.165) is 0 Å². The smallest absolute Gasteiger partial charge is 0.252 e. The van der Waals surface area contributed by atoms with Gasteiger partial charge in [-0.2, -0.15) is 0 Å². The second-order valence-corrected chi connectivity index (χ2v) is 6.83. The average molecular weight is 427 g/mol. The molecule has 1 atom stereocenters. The van der Waals surface area contributed by atoms with Crippen LogP contribution in [0.4, 0.5) is 8.78 Å². The highest BCUT2D eigenvalue weighted by atomic mass is 19.1. The lowest BCUT2D eigenvalue weighted by atomic mass is 9.98. The van der Waals surface area contributed by atoms with Gasteiger partial charge in [-0.1, -0.05) is 24.3 Å². The van der Waals surface area contributed by atoms with Crippen molar-refractivity contribution in [3.63, 3.8) is 0 Å². The largest absolute Gasteiger partial charge is 0.493 e. The van der Waals surface area contributed by atoms with Gasteiger partial charge in [0.1, 0.15) is 11.6 Å². The van der Waals surface area contributed by atoms with E-state index in [-0.39, 0.29) is 17.8 Å². The Labute approximate surface area is 179 Å². The van der Waals surface area contributed by atoms with E-state index in [1.54, 1.807) is 24.3 Å². The maximum Gasteiger partial charge on any atom is 0.252 e. The number of halogens is 2. The number of amides is 1. The molecule has 0 saturated carbocycles. The van der Waals surface area contributed by atoms with Gasteiger partial charge in [0.15, 0.2) is 11.5 Å². The Morgan fingerprint density at radius 3 is 2.03 bits per heavy atom. The second kappa shape index (κ2) is 9.93. The molecule has 0 aliphatic rings. The molecule has 0 spiro atoms. The molecule has 0 radical (unpaired) electrons. The molecule has 31 heavy (non-hydrogen) atoms. The van der Waals surface area contributed by atoms with E-state index in [0.29, 0.717) is 28.4 Å². The summed E-state index contributed by atoms with van der Waals surface area (Å²) in [6.45, 7) is 0. The molecule has 1 unspecified atom stereocenters. The van der Waals surface area contributed by atoms with Crippen molar-refractivity contribution in [1.29, 1.82) is 0 Å². The predicted molar refractivity (Wildman–Crippen MR) is 113 cm³/mol. The monoisotopic (exact) mass is 427 g/mol. The molecule has 3 rings (SSSR count). The second-order valence-electron chi connectivity index (χ2n) is 6.83. The minimum atomic E-state index is -0.593. The van der Waals surface area contributed by atoms with Crippen molar-refractivity contribution in [2.75, 3.05) is 21.3 Å². The summed E-state index contributed by atoms with van der Waals surface area (Å²) < 4.78 is 43.4. The van der Waals surface area contributed by atoms with Gasteiger partial charge in [-0.25, -0.2) is 8.78 Å². The minimum absolute atomic E-state index is 0.273. The number of rotatable bonds is 8. The number of carbonyl (C=O) groups is 1. The van der Waals surface area contributed by atoms with Crippen molar-refractivity contribution in [2.45, 2.75) is 12.5 Å². The zero-order valence-electron chi connectivity index (χ0n) is 17.4. The molecule has 5 nitrogen and oxygen atoms in total. The quantitative estimate of drug-likeness (QED) is 0.566. The van der Waals surface area contributed by atoms with Gasteiger partial charge in [-0.05, 0) is 53.9 Å². The van der Waals surface area contributed by atoms with Crippen LogP contribution in [0.3, 0.4) is 0 Å². The average Bonchev–Trinajstić information content (AvgIpc) is 2.77. The van der Waals surface area contributed by atoms with Crippen LogP contribution in [0.25, 0.3) is 0 Å². The highest BCUT2D eigenvalue weighted by Crippen LogP contribution is 2.38. The van der Waals surface area contributed by atoms with Crippen molar-refractivity contribution >= 4 is 5.91 Å². The van der Waals surface area contributed by atoms with Crippen LogP contribution in [0.1, 0.15) is 27.5 Å². The number of ether oxygens (including phenoxy) is 3. The molecule has 0 aliphatic carbocycles. The van der Waals surface area contributed by atoms with E-state index in [9.17, 15) is 13.6 Å². The van der Waals surface area contributed by atoms with Crippen LogP contribution in [0, 0.1) is 11.6 Å². The van der Waals surface area contributed by atoms with Crippen LogP contribution in [0.5, 0.6) is 17.2 Å². The van der Waals surface area contributed by atoms with E-state index in [1.807, 2.05) is 0 Å². The van der Waals surface area contributed by atoms with E-state index < -0.39 is 17.8 Å². The summed E-state index contributed by atoms with van der Waals surface area (Å²) in [5.74, 6) is -0.206. The molecule has 0 bridgehead atoms. The van der Waals surface area contributed by atoms with E-state index in [4.69, 9.17) is 14.2 Å². The summed E-state index contributed by atoms with van der Waals surface area (Å²) in [5.41, 5.74) is 1.50. The van der Waals surface area contributed by atoms with Gasteiger partial charge in [0.05, 0.1) is 27.4 Å². The molecule has 1 N–H and O–H groups in total. The van der Waals surface area contributed by atoms with Crippen molar-refractivity contribution in [3.05, 3.63) is 89.0 Å². The summed E-state index contributed by atoms with van der Waals surface area (Å²) in [6, 6.07) is 14.5. The summed E-state index contributed by atoms with van der Waals surface area (Å²) in [7, 11) is 4.38. The fraction of sp³-hybridized carbons (Fsp3) is 0.208. The molecule has 0 aliphatic heterocycles. The van der Waals surface area contributed by atoms with Crippen molar-refractivity contribution in [1.82, 2.24) is 5.32 Å². The van der Waals surface area contributed by atoms with E-state index >= 15 is 0 Å². The maximum absolute atomic E-state index is 13.9. The normalized spacial score (nSPS) is 11.5. The Balaban J connectivity index is 1.94. The lowest BCUT2D eigenvalue weighted by Gasteiger charge is -2.21. The van der Waals surface area contributed by atoms with Crippen LogP contribution < -0.4 is 19.5 Å². The predicted octanol–water partition coefficient (Wildman–Crippen LogP) is 4.70. The van der Waals surface area contributed by atoms with Gasteiger partial charge in [0.25, 0.3) is 5.91 Å². The molecule has 162 valence electrons. The maximum atomic E-state index is 13.9. The third-order valence-corrected chi connectivity index (χ3v) is 4.81. The molecule has 0 heterocycles. The molecule has 7 heteroatoms.